The predicted molar refractivity (Wildman–Crippen MR) is 56.9 cm³/mol. The van der Waals surface area contributed by atoms with Gasteiger partial charge in [-0.15, -0.1) is 0 Å². The van der Waals surface area contributed by atoms with Crippen LogP contribution < -0.4 is 0 Å². The Kier molecular flexibility index (Phi) is 2.46. The molecule has 1 aromatic carbocycles. The number of nitrogens with zero attached hydrogens (tertiary/aromatic N) is 2. The lowest BCUT2D eigenvalue weighted by Gasteiger charge is -2.04. The Morgan fingerprint density at radius 2 is 1.73 bits per heavy atom. The fraction of sp³-hybridized carbons (Fsp3) is 0.167. The molecule has 0 saturated carbocycles. The summed E-state index contributed by atoms with van der Waals surface area (Å²) in [4.78, 5) is 7.91. The molecule has 1 aromatic heterocycles. The minimum atomic E-state index is -0.413. The molecule has 15 heavy (non-hydrogen) atoms. The summed E-state index contributed by atoms with van der Waals surface area (Å²) in [5.41, 5.74) is 3.24. The third-order valence-corrected chi connectivity index (χ3v) is 2.24. The largest absolute Gasteiger partial charge is 0.233 e. The van der Waals surface area contributed by atoms with Crippen LogP contribution in [0.1, 0.15) is 11.1 Å². The standard InChI is InChI=1S/C12H11FN2/c1-8-3-4-11(9(2)5-8)12-14-6-10(13)7-15-12/h3-7H,1-2H3. The second kappa shape index (κ2) is 3.77. The molecule has 0 aliphatic heterocycles. The molecule has 2 aromatic rings. The van der Waals surface area contributed by atoms with Gasteiger partial charge < -0.3 is 0 Å². The van der Waals surface area contributed by atoms with Gasteiger partial charge in [0.15, 0.2) is 11.6 Å². The maximum Gasteiger partial charge on any atom is 0.159 e. The van der Waals surface area contributed by atoms with Crippen molar-refractivity contribution in [3.8, 4) is 11.4 Å². The van der Waals surface area contributed by atoms with E-state index in [4.69, 9.17) is 0 Å². The van der Waals surface area contributed by atoms with Gasteiger partial charge in [0.1, 0.15) is 0 Å². The van der Waals surface area contributed by atoms with Crippen LogP contribution in [0, 0.1) is 19.7 Å². The zero-order valence-corrected chi connectivity index (χ0v) is 8.66. The van der Waals surface area contributed by atoms with Gasteiger partial charge >= 0.3 is 0 Å². The molecule has 0 unspecified atom stereocenters. The van der Waals surface area contributed by atoms with Crippen molar-refractivity contribution in [2.45, 2.75) is 13.8 Å². The molecule has 0 spiro atoms. The molecule has 2 rings (SSSR count). The van der Waals surface area contributed by atoms with E-state index in [1.54, 1.807) is 0 Å². The number of aryl methyl sites for hydroxylation is 2. The van der Waals surface area contributed by atoms with Gasteiger partial charge in [0.2, 0.25) is 0 Å². The Bertz CT molecular complexity index is 477. The van der Waals surface area contributed by atoms with E-state index < -0.39 is 5.82 Å². The van der Waals surface area contributed by atoms with Crippen molar-refractivity contribution in [1.82, 2.24) is 9.97 Å². The molecule has 0 radical (unpaired) electrons. The van der Waals surface area contributed by atoms with E-state index in [1.165, 1.54) is 18.0 Å². The van der Waals surface area contributed by atoms with Crippen LogP contribution in [0.5, 0.6) is 0 Å². The lowest BCUT2D eigenvalue weighted by atomic mass is 10.1. The highest BCUT2D eigenvalue weighted by Gasteiger charge is 2.04. The van der Waals surface area contributed by atoms with E-state index in [9.17, 15) is 4.39 Å². The van der Waals surface area contributed by atoms with Gasteiger partial charge in [-0.25, -0.2) is 14.4 Å². The topological polar surface area (TPSA) is 25.8 Å². The summed E-state index contributed by atoms with van der Waals surface area (Å²) in [7, 11) is 0. The van der Waals surface area contributed by atoms with Crippen molar-refractivity contribution in [2.24, 2.45) is 0 Å². The summed E-state index contributed by atoms with van der Waals surface area (Å²) in [5, 5.41) is 0. The van der Waals surface area contributed by atoms with Crippen LogP contribution in [-0.2, 0) is 0 Å². The van der Waals surface area contributed by atoms with E-state index in [0.717, 1.165) is 11.1 Å². The number of halogens is 1. The zero-order chi connectivity index (χ0) is 10.8. The number of hydrogen-bond donors (Lipinski definition) is 0. The zero-order valence-electron chi connectivity index (χ0n) is 8.66. The molecule has 0 atom stereocenters. The Balaban J connectivity index is 2.49. The van der Waals surface area contributed by atoms with Crippen molar-refractivity contribution in [3.63, 3.8) is 0 Å². The highest BCUT2D eigenvalue weighted by atomic mass is 19.1. The number of aromatic nitrogens is 2. The minimum Gasteiger partial charge on any atom is -0.233 e. The number of rotatable bonds is 1. The van der Waals surface area contributed by atoms with Gasteiger partial charge in [0.05, 0.1) is 12.4 Å². The summed E-state index contributed by atoms with van der Waals surface area (Å²) in [6, 6.07) is 6.01. The molecule has 0 amide bonds. The number of benzene rings is 1. The first-order valence-corrected chi connectivity index (χ1v) is 4.72. The van der Waals surface area contributed by atoms with Crippen molar-refractivity contribution in [1.29, 1.82) is 0 Å². The monoisotopic (exact) mass is 202 g/mol. The molecule has 0 aliphatic rings. The van der Waals surface area contributed by atoms with Crippen LogP contribution in [0.25, 0.3) is 11.4 Å². The van der Waals surface area contributed by atoms with Crippen molar-refractivity contribution in [2.75, 3.05) is 0 Å². The van der Waals surface area contributed by atoms with Crippen LogP contribution in [0.3, 0.4) is 0 Å². The molecular formula is C12H11FN2. The summed E-state index contributed by atoms with van der Waals surface area (Å²) >= 11 is 0. The summed E-state index contributed by atoms with van der Waals surface area (Å²) in [6.07, 6.45) is 2.36. The van der Waals surface area contributed by atoms with Crippen molar-refractivity contribution >= 4 is 0 Å². The first-order chi connectivity index (χ1) is 7.16. The summed E-state index contributed by atoms with van der Waals surface area (Å²) < 4.78 is 12.6. The molecule has 0 aliphatic carbocycles. The molecule has 2 nitrogen and oxygen atoms in total. The van der Waals surface area contributed by atoms with Crippen LogP contribution >= 0.6 is 0 Å². The average Bonchev–Trinajstić information content (AvgIpc) is 2.20. The molecule has 0 fully saturated rings. The third-order valence-electron chi connectivity index (χ3n) is 2.24. The average molecular weight is 202 g/mol. The van der Waals surface area contributed by atoms with Crippen LogP contribution in [-0.4, -0.2) is 9.97 Å². The van der Waals surface area contributed by atoms with Crippen LogP contribution in [0.4, 0.5) is 4.39 Å². The van der Waals surface area contributed by atoms with Gasteiger partial charge in [-0.05, 0) is 19.4 Å². The smallest absolute Gasteiger partial charge is 0.159 e. The molecule has 76 valence electrons. The molecule has 0 N–H and O–H groups in total. The first-order valence-electron chi connectivity index (χ1n) is 4.72. The summed E-state index contributed by atoms with van der Waals surface area (Å²) in [5.74, 6) is 0.150. The Labute approximate surface area is 87.8 Å². The lowest BCUT2D eigenvalue weighted by Crippen LogP contribution is -1.92. The predicted octanol–water partition coefficient (Wildman–Crippen LogP) is 2.90. The minimum absolute atomic E-state index is 0.413. The third kappa shape index (κ3) is 2.01. The van der Waals surface area contributed by atoms with Gasteiger partial charge in [0, 0.05) is 5.56 Å². The molecular weight excluding hydrogens is 191 g/mol. The van der Waals surface area contributed by atoms with Gasteiger partial charge in [-0.3, -0.25) is 0 Å². The molecule has 0 bridgehead atoms. The van der Waals surface area contributed by atoms with Gasteiger partial charge in [-0.1, -0.05) is 23.8 Å². The fourth-order valence-corrected chi connectivity index (χ4v) is 1.52. The maximum absolute atomic E-state index is 12.6. The van der Waals surface area contributed by atoms with E-state index >= 15 is 0 Å². The van der Waals surface area contributed by atoms with Crippen LogP contribution in [0.15, 0.2) is 30.6 Å². The van der Waals surface area contributed by atoms with E-state index in [0.29, 0.717) is 5.82 Å². The lowest BCUT2D eigenvalue weighted by molar-refractivity contribution is 0.614. The second-order valence-corrected chi connectivity index (χ2v) is 3.54. The Morgan fingerprint density at radius 1 is 1.07 bits per heavy atom. The normalized spacial score (nSPS) is 10.3. The highest BCUT2D eigenvalue weighted by molar-refractivity contribution is 5.60. The Hall–Kier alpha value is -1.77. The van der Waals surface area contributed by atoms with Gasteiger partial charge in [0.25, 0.3) is 0 Å². The van der Waals surface area contributed by atoms with E-state index in [-0.39, 0.29) is 0 Å². The van der Waals surface area contributed by atoms with E-state index in [1.807, 2.05) is 26.0 Å². The van der Waals surface area contributed by atoms with E-state index in [2.05, 4.69) is 16.0 Å². The quantitative estimate of drug-likeness (QED) is 0.710. The maximum atomic E-state index is 12.6. The molecule has 1 heterocycles. The molecule has 0 saturated heterocycles. The fourth-order valence-electron chi connectivity index (χ4n) is 1.52. The van der Waals surface area contributed by atoms with Crippen LogP contribution in [0.2, 0.25) is 0 Å². The number of hydrogen-bond acceptors (Lipinski definition) is 2. The Morgan fingerprint density at radius 3 is 2.33 bits per heavy atom. The first kappa shape index (κ1) is 9.77. The SMILES string of the molecule is Cc1ccc(-c2ncc(F)cn2)c(C)c1. The second-order valence-electron chi connectivity index (χ2n) is 3.54. The van der Waals surface area contributed by atoms with Crippen molar-refractivity contribution in [3.05, 3.63) is 47.5 Å². The molecule has 3 heteroatoms. The highest BCUT2D eigenvalue weighted by Crippen LogP contribution is 2.20. The summed E-state index contributed by atoms with van der Waals surface area (Å²) in [6.45, 7) is 4.03. The van der Waals surface area contributed by atoms with Gasteiger partial charge in [-0.2, -0.15) is 0 Å². The van der Waals surface area contributed by atoms with Crippen molar-refractivity contribution < 1.29 is 4.39 Å².